The van der Waals surface area contributed by atoms with Crippen LogP contribution in [0.3, 0.4) is 0 Å². The van der Waals surface area contributed by atoms with Gasteiger partial charge in [-0.15, -0.1) is 5.10 Å². The predicted octanol–water partition coefficient (Wildman–Crippen LogP) is 1.66. The van der Waals surface area contributed by atoms with Gasteiger partial charge >= 0.3 is 5.97 Å². The highest BCUT2D eigenvalue weighted by Gasteiger charge is 2.35. The summed E-state index contributed by atoms with van der Waals surface area (Å²) < 4.78 is 5.47. The zero-order chi connectivity index (χ0) is 18.0. The van der Waals surface area contributed by atoms with Crippen LogP contribution in [0.1, 0.15) is 59.3 Å². The zero-order valence-electron chi connectivity index (χ0n) is 14.0. The van der Waals surface area contributed by atoms with Crippen molar-refractivity contribution in [3.8, 4) is 5.88 Å². The standard InChI is InChI=1S/C16H19N5O4/c1-9(2)25-12-6-5-10(8-17-12)15(22)21-7-3-4-11(21)13-14(16(23)24)19-20-18-13/h5-6,8-9,11H,3-4,7H2,1-2H3,(H,23,24)(H,18,19,20). The molecule has 1 aliphatic heterocycles. The first-order valence-electron chi connectivity index (χ1n) is 8.05. The summed E-state index contributed by atoms with van der Waals surface area (Å²) in [5.74, 6) is -0.931. The van der Waals surface area contributed by atoms with E-state index >= 15 is 0 Å². The minimum atomic E-state index is -1.17. The highest BCUT2D eigenvalue weighted by molar-refractivity contribution is 5.94. The van der Waals surface area contributed by atoms with Gasteiger partial charge < -0.3 is 14.7 Å². The number of nitrogens with zero attached hydrogens (tertiary/aromatic N) is 4. The maximum absolute atomic E-state index is 12.8. The Morgan fingerprint density at radius 2 is 2.16 bits per heavy atom. The van der Waals surface area contributed by atoms with Crippen molar-refractivity contribution in [3.05, 3.63) is 35.3 Å². The number of H-pyrrole nitrogens is 1. The molecule has 1 saturated heterocycles. The molecule has 1 amide bonds. The van der Waals surface area contributed by atoms with Crippen molar-refractivity contribution in [1.82, 2.24) is 25.3 Å². The van der Waals surface area contributed by atoms with Crippen LogP contribution in [-0.2, 0) is 0 Å². The van der Waals surface area contributed by atoms with Crippen molar-refractivity contribution in [2.24, 2.45) is 0 Å². The van der Waals surface area contributed by atoms with Crippen molar-refractivity contribution < 1.29 is 19.4 Å². The van der Waals surface area contributed by atoms with Crippen LogP contribution in [-0.4, -0.2) is 54.9 Å². The number of carboxylic acids is 1. The normalized spacial score (nSPS) is 17.1. The summed E-state index contributed by atoms with van der Waals surface area (Å²) in [5, 5.41) is 19.2. The van der Waals surface area contributed by atoms with Crippen LogP contribution in [0, 0.1) is 0 Å². The molecule has 0 saturated carbocycles. The number of aromatic amines is 1. The number of amides is 1. The van der Waals surface area contributed by atoms with Crippen LogP contribution >= 0.6 is 0 Å². The van der Waals surface area contributed by atoms with Crippen molar-refractivity contribution in [3.63, 3.8) is 0 Å². The summed E-state index contributed by atoms with van der Waals surface area (Å²) in [4.78, 5) is 29.8. The summed E-state index contributed by atoms with van der Waals surface area (Å²) in [6.45, 7) is 4.32. The van der Waals surface area contributed by atoms with Crippen LogP contribution in [0.15, 0.2) is 18.3 Å². The summed E-state index contributed by atoms with van der Waals surface area (Å²) in [6, 6.07) is 2.89. The van der Waals surface area contributed by atoms with Gasteiger partial charge in [0.1, 0.15) is 5.69 Å². The molecule has 1 aliphatic rings. The average Bonchev–Trinajstić information content (AvgIpc) is 3.23. The Morgan fingerprint density at radius 1 is 1.36 bits per heavy atom. The number of hydrogen-bond acceptors (Lipinski definition) is 6. The summed E-state index contributed by atoms with van der Waals surface area (Å²) in [7, 11) is 0. The minimum Gasteiger partial charge on any atom is -0.476 e. The lowest BCUT2D eigenvalue weighted by Crippen LogP contribution is -2.31. The van der Waals surface area contributed by atoms with E-state index in [1.165, 1.54) is 6.20 Å². The topological polar surface area (TPSA) is 121 Å². The van der Waals surface area contributed by atoms with E-state index in [0.29, 0.717) is 24.4 Å². The number of aromatic nitrogens is 4. The molecule has 2 aromatic rings. The van der Waals surface area contributed by atoms with E-state index in [2.05, 4.69) is 20.4 Å². The molecule has 0 aromatic carbocycles. The first kappa shape index (κ1) is 16.9. The number of pyridine rings is 1. The quantitative estimate of drug-likeness (QED) is 0.845. The van der Waals surface area contributed by atoms with E-state index in [1.54, 1.807) is 17.0 Å². The maximum Gasteiger partial charge on any atom is 0.358 e. The van der Waals surface area contributed by atoms with E-state index in [9.17, 15) is 14.7 Å². The molecule has 3 rings (SSSR count). The third-order valence-electron chi connectivity index (χ3n) is 3.95. The number of aromatic carboxylic acids is 1. The molecule has 2 N–H and O–H groups in total. The molecule has 9 heteroatoms. The second-order valence-corrected chi connectivity index (χ2v) is 6.07. The van der Waals surface area contributed by atoms with Crippen LogP contribution in [0.4, 0.5) is 0 Å². The monoisotopic (exact) mass is 345 g/mol. The number of hydrogen-bond donors (Lipinski definition) is 2. The second kappa shape index (κ2) is 6.88. The van der Waals surface area contributed by atoms with Gasteiger partial charge in [-0.05, 0) is 32.8 Å². The van der Waals surface area contributed by atoms with Crippen LogP contribution in [0.5, 0.6) is 5.88 Å². The first-order chi connectivity index (χ1) is 12.0. The predicted molar refractivity (Wildman–Crippen MR) is 86.4 cm³/mol. The molecule has 0 bridgehead atoms. The van der Waals surface area contributed by atoms with Crippen molar-refractivity contribution in [2.75, 3.05) is 6.54 Å². The average molecular weight is 345 g/mol. The van der Waals surface area contributed by atoms with E-state index in [4.69, 9.17) is 4.74 Å². The number of ether oxygens (including phenoxy) is 1. The van der Waals surface area contributed by atoms with Gasteiger partial charge in [0.15, 0.2) is 5.69 Å². The molecule has 25 heavy (non-hydrogen) atoms. The molecular weight excluding hydrogens is 326 g/mol. The Bertz CT molecular complexity index is 771. The van der Waals surface area contributed by atoms with E-state index in [0.717, 1.165) is 6.42 Å². The Kier molecular flexibility index (Phi) is 4.64. The number of carboxylic acid groups (broad SMARTS) is 1. The third kappa shape index (κ3) is 3.44. The highest BCUT2D eigenvalue weighted by atomic mass is 16.5. The molecule has 0 radical (unpaired) electrons. The van der Waals surface area contributed by atoms with Crippen molar-refractivity contribution in [2.45, 2.75) is 38.8 Å². The fourth-order valence-corrected chi connectivity index (χ4v) is 2.91. The van der Waals surface area contributed by atoms with Crippen LogP contribution in [0.25, 0.3) is 0 Å². The lowest BCUT2D eigenvalue weighted by Gasteiger charge is -2.23. The van der Waals surface area contributed by atoms with Gasteiger partial charge in [-0.1, -0.05) is 0 Å². The maximum atomic E-state index is 12.8. The molecule has 1 fully saturated rings. The lowest BCUT2D eigenvalue weighted by atomic mass is 10.1. The Hall–Kier alpha value is -2.97. The van der Waals surface area contributed by atoms with Crippen molar-refractivity contribution >= 4 is 11.9 Å². The lowest BCUT2D eigenvalue weighted by molar-refractivity contribution is 0.0671. The van der Waals surface area contributed by atoms with Gasteiger partial charge in [-0.25, -0.2) is 9.78 Å². The Balaban J connectivity index is 1.81. The van der Waals surface area contributed by atoms with Gasteiger partial charge in [-0.2, -0.15) is 10.3 Å². The molecule has 0 spiro atoms. The minimum absolute atomic E-state index is 0.00128. The number of rotatable bonds is 5. The molecule has 2 aromatic heterocycles. The second-order valence-electron chi connectivity index (χ2n) is 6.07. The summed E-state index contributed by atoms with van der Waals surface area (Å²) >= 11 is 0. The Labute approximate surface area is 144 Å². The van der Waals surface area contributed by atoms with Gasteiger partial charge in [0.2, 0.25) is 5.88 Å². The van der Waals surface area contributed by atoms with E-state index < -0.39 is 12.0 Å². The number of nitrogens with one attached hydrogen (secondary N) is 1. The number of carbonyl (C=O) groups excluding carboxylic acids is 1. The number of likely N-dealkylation sites (tertiary alicyclic amines) is 1. The molecule has 3 heterocycles. The van der Waals surface area contributed by atoms with E-state index in [-0.39, 0.29) is 23.4 Å². The third-order valence-corrected chi connectivity index (χ3v) is 3.95. The van der Waals surface area contributed by atoms with Crippen LogP contribution < -0.4 is 4.74 Å². The Morgan fingerprint density at radius 3 is 2.80 bits per heavy atom. The van der Waals surface area contributed by atoms with Gasteiger partial charge in [0, 0.05) is 18.8 Å². The first-order valence-corrected chi connectivity index (χ1v) is 8.05. The summed E-state index contributed by atoms with van der Waals surface area (Å²) in [5.41, 5.74) is 0.554. The molecule has 0 aliphatic carbocycles. The molecule has 1 unspecified atom stereocenters. The smallest absolute Gasteiger partial charge is 0.358 e. The zero-order valence-corrected chi connectivity index (χ0v) is 14.0. The van der Waals surface area contributed by atoms with Crippen molar-refractivity contribution in [1.29, 1.82) is 0 Å². The van der Waals surface area contributed by atoms with Gasteiger partial charge in [0.25, 0.3) is 5.91 Å². The number of carbonyl (C=O) groups is 2. The highest BCUT2D eigenvalue weighted by Crippen LogP contribution is 2.33. The van der Waals surface area contributed by atoms with E-state index in [1.807, 2.05) is 13.8 Å². The summed E-state index contributed by atoms with van der Waals surface area (Å²) in [6.07, 6.45) is 2.87. The fraction of sp³-hybridized carbons (Fsp3) is 0.438. The van der Waals surface area contributed by atoms with Crippen LogP contribution in [0.2, 0.25) is 0 Å². The molecular formula is C16H19N5O4. The van der Waals surface area contributed by atoms with Gasteiger partial charge in [0.05, 0.1) is 17.7 Å². The molecule has 132 valence electrons. The molecule has 9 nitrogen and oxygen atoms in total. The molecule has 1 atom stereocenters. The van der Waals surface area contributed by atoms with Gasteiger partial charge in [-0.3, -0.25) is 4.79 Å². The largest absolute Gasteiger partial charge is 0.476 e. The SMILES string of the molecule is CC(C)Oc1ccc(C(=O)N2CCCC2c2n[nH]nc2C(=O)O)cn1. The fourth-order valence-electron chi connectivity index (χ4n) is 2.91.